The molecule has 0 unspecified atom stereocenters. The third-order valence-corrected chi connectivity index (χ3v) is 6.49. The summed E-state index contributed by atoms with van der Waals surface area (Å²) in [6, 6.07) is 23.5. The van der Waals surface area contributed by atoms with Crippen molar-refractivity contribution in [3.05, 3.63) is 106 Å². The van der Waals surface area contributed by atoms with Gasteiger partial charge in [-0.1, -0.05) is 53.2 Å². The Hall–Kier alpha value is -3.41. The Labute approximate surface area is 201 Å². The van der Waals surface area contributed by atoms with Crippen LogP contribution >= 0.6 is 23.4 Å². The van der Waals surface area contributed by atoms with E-state index < -0.39 is 5.97 Å². The van der Waals surface area contributed by atoms with Crippen LogP contribution in [-0.4, -0.2) is 16.9 Å². The number of hydrogen-bond acceptors (Lipinski definition) is 5. The summed E-state index contributed by atoms with van der Waals surface area (Å²) in [5.41, 5.74) is 4.98. The van der Waals surface area contributed by atoms with Crippen molar-refractivity contribution in [1.82, 2.24) is 4.98 Å². The number of halogens is 1. The number of aromatic nitrogens is 1. The molecule has 2 heterocycles. The van der Waals surface area contributed by atoms with Crippen LogP contribution in [0, 0.1) is 13.8 Å². The Morgan fingerprint density at radius 2 is 1.64 bits per heavy atom. The average Bonchev–Trinajstić information content (AvgIpc) is 3.16. The average molecular weight is 471 g/mol. The third kappa shape index (κ3) is 4.70. The Bertz CT molecular complexity index is 1440. The number of aryl methyl sites for hydroxylation is 2. The van der Waals surface area contributed by atoms with Gasteiger partial charge in [0.1, 0.15) is 5.03 Å². The van der Waals surface area contributed by atoms with Gasteiger partial charge in [0.05, 0.1) is 5.52 Å². The molecule has 6 heteroatoms. The molecule has 33 heavy (non-hydrogen) atoms. The van der Waals surface area contributed by atoms with Crippen LogP contribution in [0.4, 0.5) is 0 Å². The van der Waals surface area contributed by atoms with Gasteiger partial charge in [-0.05, 0) is 74.0 Å². The second kappa shape index (κ2) is 8.85. The summed E-state index contributed by atoms with van der Waals surface area (Å²) in [5, 5.41) is 2.40. The molecule has 1 aliphatic heterocycles. The van der Waals surface area contributed by atoms with Gasteiger partial charge in [-0.15, -0.1) is 0 Å². The summed E-state index contributed by atoms with van der Waals surface area (Å²) in [7, 11) is 0. The van der Waals surface area contributed by atoms with Gasteiger partial charge in [-0.3, -0.25) is 0 Å². The van der Waals surface area contributed by atoms with E-state index in [9.17, 15) is 4.79 Å². The van der Waals surface area contributed by atoms with Gasteiger partial charge in [-0.2, -0.15) is 0 Å². The predicted molar refractivity (Wildman–Crippen MR) is 134 cm³/mol. The quantitative estimate of drug-likeness (QED) is 0.238. The number of esters is 1. The van der Waals surface area contributed by atoms with Crippen LogP contribution in [0.25, 0.3) is 17.0 Å². The number of carbonyl (C=O) groups is 1. The summed E-state index contributed by atoms with van der Waals surface area (Å²) in [4.78, 5) is 23.0. The molecule has 0 saturated heterocycles. The van der Waals surface area contributed by atoms with Crippen LogP contribution in [0.5, 0.6) is 0 Å². The molecule has 0 amide bonds. The van der Waals surface area contributed by atoms with Gasteiger partial charge in [0, 0.05) is 26.4 Å². The van der Waals surface area contributed by atoms with Gasteiger partial charge in [0.25, 0.3) is 0 Å². The lowest BCUT2D eigenvalue weighted by Gasteiger charge is -2.09. The van der Waals surface area contributed by atoms with Crippen molar-refractivity contribution in [3.63, 3.8) is 0 Å². The van der Waals surface area contributed by atoms with E-state index in [1.165, 1.54) is 5.56 Å². The van der Waals surface area contributed by atoms with Crippen LogP contribution in [0.1, 0.15) is 22.3 Å². The van der Waals surface area contributed by atoms with Crippen LogP contribution in [0.3, 0.4) is 0 Å². The molecular weight excluding hydrogens is 452 g/mol. The first-order valence-electron chi connectivity index (χ1n) is 10.4. The molecule has 3 aromatic carbocycles. The fourth-order valence-electron chi connectivity index (χ4n) is 3.45. The summed E-state index contributed by atoms with van der Waals surface area (Å²) < 4.78 is 5.42. The van der Waals surface area contributed by atoms with E-state index in [1.54, 1.807) is 42.1 Å². The molecule has 0 bridgehead atoms. The third-order valence-electron chi connectivity index (χ3n) is 5.21. The fraction of sp³-hybridized carbons (Fsp3) is 0.0741. The molecule has 1 aromatic heterocycles. The number of fused-ring (bicyclic) bond motifs is 1. The highest BCUT2D eigenvalue weighted by Gasteiger charge is 2.25. The maximum absolute atomic E-state index is 12.6. The second-order valence-electron chi connectivity index (χ2n) is 7.84. The molecule has 0 fully saturated rings. The SMILES string of the molecule is Cc1ccc(Sc2nc3cc(C)ccc3cc2/C=C2/N=C(c3ccc(Cl)cc3)OC2=O)cc1. The number of rotatable bonds is 4. The highest BCUT2D eigenvalue weighted by molar-refractivity contribution is 7.99. The highest BCUT2D eigenvalue weighted by atomic mass is 35.5. The van der Waals surface area contributed by atoms with Crippen LogP contribution in [-0.2, 0) is 9.53 Å². The largest absolute Gasteiger partial charge is 0.402 e. The van der Waals surface area contributed by atoms with E-state index in [1.807, 2.05) is 25.1 Å². The Morgan fingerprint density at radius 1 is 0.909 bits per heavy atom. The molecule has 0 saturated carbocycles. The summed E-state index contributed by atoms with van der Waals surface area (Å²) >= 11 is 7.52. The van der Waals surface area contributed by atoms with Crippen molar-refractivity contribution >= 4 is 52.2 Å². The summed E-state index contributed by atoms with van der Waals surface area (Å²) in [5.74, 6) is -0.227. The minimum atomic E-state index is -0.491. The number of ether oxygens (including phenoxy) is 1. The van der Waals surface area contributed by atoms with Crippen LogP contribution < -0.4 is 0 Å². The first kappa shape index (κ1) is 21.4. The van der Waals surface area contributed by atoms with E-state index >= 15 is 0 Å². The monoisotopic (exact) mass is 470 g/mol. The van der Waals surface area contributed by atoms with Gasteiger partial charge in [-0.25, -0.2) is 14.8 Å². The number of hydrogen-bond donors (Lipinski definition) is 0. The molecule has 1 aliphatic rings. The Morgan fingerprint density at radius 3 is 2.39 bits per heavy atom. The Balaban J connectivity index is 1.59. The summed E-state index contributed by atoms with van der Waals surface area (Å²) in [6.07, 6.45) is 1.74. The Kier molecular flexibility index (Phi) is 5.75. The lowest BCUT2D eigenvalue weighted by molar-refractivity contribution is -0.129. The minimum absolute atomic E-state index is 0.235. The van der Waals surface area contributed by atoms with Gasteiger partial charge in [0.2, 0.25) is 5.90 Å². The molecule has 0 atom stereocenters. The van der Waals surface area contributed by atoms with E-state index in [-0.39, 0.29) is 11.6 Å². The van der Waals surface area contributed by atoms with Gasteiger partial charge >= 0.3 is 5.97 Å². The van der Waals surface area contributed by atoms with Crippen LogP contribution in [0.2, 0.25) is 5.02 Å². The second-order valence-corrected chi connectivity index (χ2v) is 9.34. The van der Waals surface area contributed by atoms with Crippen molar-refractivity contribution in [1.29, 1.82) is 0 Å². The van der Waals surface area contributed by atoms with E-state index in [0.717, 1.165) is 32.0 Å². The number of aliphatic imine (C=N–C) groups is 1. The van der Waals surface area contributed by atoms with Crippen molar-refractivity contribution in [2.75, 3.05) is 0 Å². The van der Waals surface area contributed by atoms with Crippen molar-refractivity contribution < 1.29 is 9.53 Å². The fourth-order valence-corrected chi connectivity index (χ4v) is 4.45. The zero-order chi connectivity index (χ0) is 22.9. The van der Waals surface area contributed by atoms with Crippen LogP contribution in [0.15, 0.2) is 93.4 Å². The molecule has 4 aromatic rings. The maximum atomic E-state index is 12.6. The zero-order valence-corrected chi connectivity index (χ0v) is 19.6. The molecule has 5 rings (SSSR count). The number of nitrogens with zero attached hydrogens (tertiary/aromatic N) is 2. The molecular formula is C27H19ClN2O2S. The molecule has 0 radical (unpaired) electrons. The summed E-state index contributed by atoms with van der Waals surface area (Å²) in [6.45, 7) is 4.11. The number of pyridine rings is 1. The number of benzene rings is 3. The zero-order valence-electron chi connectivity index (χ0n) is 18.0. The smallest absolute Gasteiger partial charge is 0.363 e. The molecule has 162 valence electrons. The molecule has 4 nitrogen and oxygen atoms in total. The highest BCUT2D eigenvalue weighted by Crippen LogP contribution is 2.33. The lowest BCUT2D eigenvalue weighted by atomic mass is 10.1. The number of cyclic esters (lactones) is 1. The van der Waals surface area contributed by atoms with Crippen molar-refractivity contribution in [2.24, 2.45) is 4.99 Å². The first-order valence-corrected chi connectivity index (χ1v) is 11.6. The van der Waals surface area contributed by atoms with Gasteiger partial charge < -0.3 is 4.74 Å². The molecule has 0 aliphatic carbocycles. The first-order chi connectivity index (χ1) is 15.9. The molecule has 0 spiro atoms. The number of carbonyl (C=O) groups excluding carboxylic acids is 1. The topological polar surface area (TPSA) is 51.6 Å². The minimum Gasteiger partial charge on any atom is -0.402 e. The van der Waals surface area contributed by atoms with Gasteiger partial charge in [0.15, 0.2) is 5.70 Å². The maximum Gasteiger partial charge on any atom is 0.363 e. The van der Waals surface area contributed by atoms with E-state index in [0.29, 0.717) is 10.6 Å². The normalized spacial score (nSPS) is 14.6. The standard InChI is InChI=1S/C27H19ClN2O2S/c1-16-4-11-22(12-5-16)33-26-20(14-19-6-3-17(2)13-23(19)30-26)15-24-27(31)32-25(29-24)18-7-9-21(28)10-8-18/h3-15H,1-2H3/b24-15+. The van der Waals surface area contributed by atoms with Crippen molar-refractivity contribution in [3.8, 4) is 0 Å². The lowest BCUT2D eigenvalue weighted by Crippen LogP contribution is -2.05. The predicted octanol–water partition coefficient (Wildman–Crippen LogP) is 7.00. The molecule has 0 N–H and O–H groups in total. The van der Waals surface area contributed by atoms with Crippen molar-refractivity contribution in [2.45, 2.75) is 23.8 Å². The van der Waals surface area contributed by atoms with E-state index in [4.69, 9.17) is 21.3 Å². The van der Waals surface area contributed by atoms with E-state index in [2.05, 4.69) is 42.2 Å².